The number of amides is 1. The summed E-state index contributed by atoms with van der Waals surface area (Å²) < 4.78 is 44.4. The summed E-state index contributed by atoms with van der Waals surface area (Å²) in [5.74, 6) is -1.64. The molecule has 2 aliphatic heterocycles. The molecule has 3 unspecified atom stereocenters. The fraction of sp³-hybridized carbons (Fsp3) is 0.500. The van der Waals surface area contributed by atoms with Crippen LogP contribution in [0.3, 0.4) is 0 Å². The van der Waals surface area contributed by atoms with Gasteiger partial charge in [-0.15, -0.1) is 0 Å². The predicted molar refractivity (Wildman–Crippen MR) is 123 cm³/mol. The van der Waals surface area contributed by atoms with Crippen molar-refractivity contribution in [2.75, 3.05) is 26.4 Å². The molecule has 1 amide bonds. The Bertz CT molecular complexity index is 983. The molecule has 2 aromatic rings. The fourth-order valence-corrected chi connectivity index (χ4v) is 4.77. The van der Waals surface area contributed by atoms with Crippen molar-refractivity contribution in [2.24, 2.45) is 5.92 Å². The molecule has 2 saturated heterocycles. The van der Waals surface area contributed by atoms with Crippen LogP contribution in [0.25, 0.3) is 0 Å². The lowest BCUT2D eigenvalue weighted by atomic mass is 10.0. The van der Waals surface area contributed by atoms with Crippen molar-refractivity contribution in [1.82, 2.24) is 9.80 Å². The lowest BCUT2D eigenvalue weighted by Crippen LogP contribution is -2.46. The first-order valence-corrected chi connectivity index (χ1v) is 11.6. The van der Waals surface area contributed by atoms with Crippen molar-refractivity contribution in [3.05, 3.63) is 65.7 Å². The lowest BCUT2D eigenvalue weighted by Gasteiger charge is -2.31. The molecule has 184 valence electrons. The number of rotatable bonds is 7. The molecule has 0 saturated carbocycles. The highest BCUT2D eigenvalue weighted by molar-refractivity contribution is 5.69. The number of likely N-dealkylation sites (tertiary alicyclic amines) is 2. The molecular formula is C26H32F2N2O4. The molecule has 0 aromatic heterocycles. The van der Waals surface area contributed by atoms with Gasteiger partial charge in [0.1, 0.15) is 11.4 Å². The second kappa shape index (κ2) is 10.3. The Hall–Kier alpha value is -2.71. The van der Waals surface area contributed by atoms with E-state index in [0.717, 1.165) is 24.1 Å². The van der Waals surface area contributed by atoms with E-state index in [9.17, 15) is 13.6 Å². The molecule has 0 radical (unpaired) electrons. The number of nitrogens with zero attached hydrogens (tertiary/aromatic N) is 2. The van der Waals surface area contributed by atoms with Crippen LogP contribution in [0.1, 0.15) is 32.8 Å². The summed E-state index contributed by atoms with van der Waals surface area (Å²) in [5, 5.41) is 0. The summed E-state index contributed by atoms with van der Waals surface area (Å²) in [6.07, 6.45) is 0.463. The molecule has 0 bridgehead atoms. The van der Waals surface area contributed by atoms with Gasteiger partial charge in [-0.05, 0) is 44.9 Å². The number of hydrogen-bond donors (Lipinski definition) is 0. The minimum Gasteiger partial charge on any atom is -0.493 e. The van der Waals surface area contributed by atoms with Crippen molar-refractivity contribution < 1.29 is 27.8 Å². The van der Waals surface area contributed by atoms with Gasteiger partial charge in [0.2, 0.25) is 0 Å². The molecule has 2 fully saturated rings. The van der Waals surface area contributed by atoms with Crippen molar-refractivity contribution in [3.63, 3.8) is 0 Å². The highest BCUT2D eigenvalue weighted by atomic mass is 19.2. The first-order chi connectivity index (χ1) is 16.2. The molecule has 34 heavy (non-hydrogen) atoms. The van der Waals surface area contributed by atoms with E-state index in [4.69, 9.17) is 14.2 Å². The van der Waals surface area contributed by atoms with Gasteiger partial charge in [0, 0.05) is 31.1 Å². The third-order valence-electron chi connectivity index (χ3n) is 6.19. The molecule has 0 N–H and O–H groups in total. The number of carbonyl (C=O) groups is 1. The van der Waals surface area contributed by atoms with E-state index in [1.165, 1.54) is 6.07 Å². The summed E-state index contributed by atoms with van der Waals surface area (Å²) in [4.78, 5) is 17.0. The van der Waals surface area contributed by atoms with Gasteiger partial charge in [0.15, 0.2) is 11.6 Å². The van der Waals surface area contributed by atoms with Crippen molar-refractivity contribution in [3.8, 4) is 5.75 Å². The number of fused-ring (bicyclic) bond motifs is 1. The van der Waals surface area contributed by atoms with E-state index < -0.39 is 17.2 Å². The Morgan fingerprint density at radius 3 is 2.56 bits per heavy atom. The van der Waals surface area contributed by atoms with Gasteiger partial charge in [-0.3, -0.25) is 4.90 Å². The molecule has 8 heteroatoms. The molecule has 2 aromatic carbocycles. The Kier molecular flexibility index (Phi) is 7.38. The molecule has 0 aliphatic carbocycles. The van der Waals surface area contributed by atoms with Crippen LogP contribution in [0.5, 0.6) is 5.75 Å². The molecule has 6 nitrogen and oxygen atoms in total. The highest BCUT2D eigenvalue weighted by Crippen LogP contribution is 2.37. The van der Waals surface area contributed by atoms with E-state index in [-0.39, 0.29) is 36.5 Å². The normalized spacial score (nSPS) is 22.6. The molecule has 3 atom stereocenters. The van der Waals surface area contributed by atoms with Crippen LogP contribution in [0.2, 0.25) is 0 Å². The number of halogens is 2. The van der Waals surface area contributed by atoms with Gasteiger partial charge in [0.05, 0.1) is 26.0 Å². The first-order valence-electron chi connectivity index (χ1n) is 11.6. The van der Waals surface area contributed by atoms with Crippen LogP contribution in [-0.2, 0) is 16.1 Å². The van der Waals surface area contributed by atoms with Crippen molar-refractivity contribution in [2.45, 2.75) is 51.5 Å². The number of carbonyl (C=O) groups excluding carboxylic acids is 1. The SMILES string of the molecule is CC(C)(C)OC(=O)N1CCC2C1C(COc1ccc(F)c(F)c1)CN2COCc1ccccc1. The average Bonchev–Trinajstić information content (AvgIpc) is 3.36. The van der Waals surface area contributed by atoms with E-state index >= 15 is 0 Å². The molecule has 0 spiro atoms. The number of ether oxygens (including phenoxy) is 3. The zero-order valence-electron chi connectivity index (χ0n) is 19.9. The lowest BCUT2D eigenvalue weighted by molar-refractivity contribution is 0.00811. The minimum absolute atomic E-state index is 0.0338. The van der Waals surface area contributed by atoms with E-state index in [1.807, 2.05) is 51.1 Å². The second-order valence-corrected chi connectivity index (χ2v) is 9.90. The molecule has 2 heterocycles. The zero-order valence-corrected chi connectivity index (χ0v) is 19.9. The third-order valence-corrected chi connectivity index (χ3v) is 6.19. The third kappa shape index (κ3) is 5.85. The van der Waals surface area contributed by atoms with Crippen LogP contribution in [0.4, 0.5) is 13.6 Å². The number of benzene rings is 2. The zero-order chi connectivity index (χ0) is 24.3. The van der Waals surface area contributed by atoms with Gasteiger partial charge in [-0.1, -0.05) is 30.3 Å². The molecule has 2 aliphatic rings. The first kappa shape index (κ1) is 24.4. The van der Waals surface area contributed by atoms with Gasteiger partial charge >= 0.3 is 6.09 Å². The van der Waals surface area contributed by atoms with Gasteiger partial charge in [-0.2, -0.15) is 0 Å². The fourth-order valence-electron chi connectivity index (χ4n) is 4.77. The van der Waals surface area contributed by atoms with Gasteiger partial charge in [-0.25, -0.2) is 13.6 Å². The van der Waals surface area contributed by atoms with Crippen LogP contribution in [0.15, 0.2) is 48.5 Å². The quantitative estimate of drug-likeness (QED) is 0.576. The summed E-state index contributed by atoms with van der Waals surface area (Å²) in [5.41, 5.74) is 0.502. The maximum atomic E-state index is 13.6. The predicted octanol–water partition coefficient (Wildman–Crippen LogP) is 4.83. The number of hydrogen-bond acceptors (Lipinski definition) is 5. The maximum absolute atomic E-state index is 13.6. The summed E-state index contributed by atoms with van der Waals surface area (Å²) in [7, 11) is 0. The topological polar surface area (TPSA) is 51.2 Å². The monoisotopic (exact) mass is 474 g/mol. The Morgan fingerprint density at radius 2 is 1.85 bits per heavy atom. The standard InChI is InChI=1S/C26H32F2N2O4/c1-26(2,3)34-25(31)30-12-11-23-24(30)19(16-33-20-9-10-21(27)22(28)13-20)14-29(23)17-32-15-18-7-5-4-6-8-18/h4-10,13,19,23-24H,11-12,14-17H2,1-3H3. The smallest absolute Gasteiger partial charge is 0.410 e. The average molecular weight is 475 g/mol. The van der Waals surface area contributed by atoms with Gasteiger partial charge < -0.3 is 19.1 Å². The van der Waals surface area contributed by atoms with Crippen molar-refractivity contribution in [1.29, 1.82) is 0 Å². The van der Waals surface area contributed by atoms with Crippen LogP contribution in [0, 0.1) is 17.6 Å². The molecule has 4 rings (SSSR count). The van der Waals surface area contributed by atoms with E-state index in [0.29, 0.717) is 26.4 Å². The highest BCUT2D eigenvalue weighted by Gasteiger charge is 2.51. The largest absolute Gasteiger partial charge is 0.493 e. The van der Waals surface area contributed by atoms with Crippen LogP contribution < -0.4 is 4.74 Å². The van der Waals surface area contributed by atoms with Crippen LogP contribution >= 0.6 is 0 Å². The Balaban J connectivity index is 1.44. The van der Waals surface area contributed by atoms with E-state index in [1.54, 1.807) is 4.90 Å². The maximum Gasteiger partial charge on any atom is 0.410 e. The molecular weight excluding hydrogens is 442 g/mol. The van der Waals surface area contributed by atoms with E-state index in [2.05, 4.69) is 4.90 Å². The minimum atomic E-state index is -0.950. The summed E-state index contributed by atoms with van der Waals surface area (Å²) >= 11 is 0. The summed E-state index contributed by atoms with van der Waals surface area (Å²) in [6.45, 7) is 7.98. The second-order valence-electron chi connectivity index (χ2n) is 9.90. The summed E-state index contributed by atoms with van der Waals surface area (Å²) in [6, 6.07) is 13.5. The van der Waals surface area contributed by atoms with Gasteiger partial charge in [0.25, 0.3) is 0 Å². The Labute approximate surface area is 199 Å². The Morgan fingerprint density at radius 1 is 1.09 bits per heavy atom. The van der Waals surface area contributed by atoms with Crippen LogP contribution in [-0.4, -0.2) is 60.0 Å². The van der Waals surface area contributed by atoms with Crippen molar-refractivity contribution >= 4 is 6.09 Å².